The lowest BCUT2D eigenvalue weighted by Crippen LogP contribution is -2.51. The Kier molecular flexibility index (Phi) is 11.6. The molecule has 0 aliphatic heterocycles. The zero-order valence-electron chi connectivity index (χ0n) is 23.7. The number of halogens is 1. The van der Waals surface area contributed by atoms with Gasteiger partial charge in [-0.15, -0.1) is 0 Å². The van der Waals surface area contributed by atoms with Crippen molar-refractivity contribution in [3.63, 3.8) is 0 Å². The number of hydrogen-bond donors (Lipinski definition) is 1. The number of rotatable bonds is 14. The summed E-state index contributed by atoms with van der Waals surface area (Å²) in [6.07, 6.45) is 1.60. The van der Waals surface area contributed by atoms with Crippen molar-refractivity contribution in [2.45, 2.75) is 32.5 Å². The summed E-state index contributed by atoms with van der Waals surface area (Å²) in [6.45, 7) is 1.67. The molecule has 11 heteroatoms. The van der Waals surface area contributed by atoms with Crippen molar-refractivity contribution in [3.8, 4) is 11.5 Å². The highest BCUT2D eigenvalue weighted by Crippen LogP contribution is 2.27. The first-order valence-corrected chi connectivity index (χ1v) is 15.3. The van der Waals surface area contributed by atoms with Crippen molar-refractivity contribution in [1.29, 1.82) is 0 Å². The molecule has 0 unspecified atom stereocenters. The number of benzene rings is 3. The maximum Gasteiger partial charge on any atom is 0.242 e. The van der Waals surface area contributed by atoms with E-state index >= 15 is 0 Å². The topological polar surface area (TPSA) is 105 Å². The maximum atomic E-state index is 13.6. The highest BCUT2D eigenvalue weighted by molar-refractivity contribution is 7.88. The fourth-order valence-electron chi connectivity index (χ4n) is 4.20. The summed E-state index contributed by atoms with van der Waals surface area (Å²) in [5.41, 5.74) is 2.44. The third-order valence-corrected chi connectivity index (χ3v) is 8.02. The van der Waals surface area contributed by atoms with Gasteiger partial charge in [-0.2, -0.15) is 4.31 Å². The van der Waals surface area contributed by atoms with Gasteiger partial charge in [-0.05, 0) is 54.3 Å². The molecule has 0 spiro atoms. The Morgan fingerprint density at radius 3 is 2.10 bits per heavy atom. The van der Waals surface area contributed by atoms with Crippen molar-refractivity contribution >= 4 is 33.4 Å². The highest BCUT2D eigenvalue weighted by atomic mass is 35.5. The third kappa shape index (κ3) is 9.48. The second-order valence-corrected chi connectivity index (χ2v) is 12.0. The zero-order chi connectivity index (χ0) is 30.0. The van der Waals surface area contributed by atoms with Crippen LogP contribution in [0.3, 0.4) is 0 Å². The van der Waals surface area contributed by atoms with E-state index in [2.05, 4.69) is 5.32 Å². The molecule has 0 bridgehead atoms. The zero-order valence-corrected chi connectivity index (χ0v) is 25.2. The summed E-state index contributed by atoms with van der Waals surface area (Å²) in [6, 6.07) is 20.6. The number of carbonyl (C=O) groups excluding carboxylic acids is 2. The molecule has 3 rings (SSSR count). The highest BCUT2D eigenvalue weighted by Gasteiger charge is 2.30. The molecule has 0 radical (unpaired) electrons. The molecule has 41 heavy (non-hydrogen) atoms. The second-order valence-electron chi connectivity index (χ2n) is 9.57. The van der Waals surface area contributed by atoms with Gasteiger partial charge < -0.3 is 19.7 Å². The van der Waals surface area contributed by atoms with Crippen LogP contribution in [0.5, 0.6) is 11.5 Å². The molecule has 0 saturated carbocycles. The standard InChI is InChI=1S/C30H36ClN3O6S/c1-22(30(36)32-17-16-23-12-15-27(39-2)28(18-23)40-3)34(20-25-10-13-26(31)14-11-25)29(35)21-33(41(4,37)38)19-24-8-6-5-7-9-24/h5-15,18,22H,16-17,19-21H2,1-4H3,(H,32,36)/t22-/m0/s1. The van der Waals surface area contributed by atoms with E-state index in [1.165, 1.54) is 4.90 Å². The minimum absolute atomic E-state index is 0.0338. The number of nitrogens with one attached hydrogen (secondary N) is 1. The van der Waals surface area contributed by atoms with Gasteiger partial charge in [0, 0.05) is 24.7 Å². The quantitative estimate of drug-likeness (QED) is 0.301. The predicted molar refractivity (Wildman–Crippen MR) is 159 cm³/mol. The maximum absolute atomic E-state index is 13.6. The fourth-order valence-corrected chi connectivity index (χ4v) is 5.06. The van der Waals surface area contributed by atoms with E-state index in [-0.39, 0.29) is 19.0 Å². The Morgan fingerprint density at radius 1 is 0.878 bits per heavy atom. The molecule has 2 amide bonds. The molecule has 1 N–H and O–H groups in total. The molecule has 1 atom stereocenters. The van der Waals surface area contributed by atoms with E-state index in [4.69, 9.17) is 21.1 Å². The molecule has 9 nitrogen and oxygen atoms in total. The van der Waals surface area contributed by atoms with E-state index in [1.54, 1.807) is 75.7 Å². The van der Waals surface area contributed by atoms with Crippen LogP contribution in [0.1, 0.15) is 23.6 Å². The molecule has 3 aromatic rings. The van der Waals surface area contributed by atoms with E-state index < -0.39 is 28.5 Å². The van der Waals surface area contributed by atoms with Crippen LogP contribution in [0.4, 0.5) is 0 Å². The Bertz CT molecular complexity index is 1420. The average Bonchev–Trinajstić information content (AvgIpc) is 2.96. The van der Waals surface area contributed by atoms with Crippen LogP contribution in [0.2, 0.25) is 5.02 Å². The largest absolute Gasteiger partial charge is 0.493 e. The van der Waals surface area contributed by atoms with Gasteiger partial charge in [-0.3, -0.25) is 9.59 Å². The molecule has 0 fully saturated rings. The van der Waals surface area contributed by atoms with E-state index in [0.29, 0.717) is 29.5 Å². The molecule has 0 aliphatic rings. The fraction of sp³-hybridized carbons (Fsp3) is 0.333. The van der Waals surface area contributed by atoms with Gasteiger partial charge >= 0.3 is 0 Å². The lowest BCUT2D eigenvalue weighted by Gasteiger charge is -2.31. The van der Waals surface area contributed by atoms with Crippen LogP contribution < -0.4 is 14.8 Å². The van der Waals surface area contributed by atoms with Crippen molar-refractivity contribution in [1.82, 2.24) is 14.5 Å². The Labute approximate surface area is 247 Å². The van der Waals surface area contributed by atoms with Crippen LogP contribution in [0.15, 0.2) is 72.8 Å². The lowest BCUT2D eigenvalue weighted by atomic mass is 10.1. The number of methoxy groups -OCH3 is 2. The smallest absolute Gasteiger partial charge is 0.242 e. The van der Waals surface area contributed by atoms with Crippen molar-refractivity contribution in [2.75, 3.05) is 33.6 Å². The van der Waals surface area contributed by atoms with Crippen LogP contribution in [-0.2, 0) is 39.1 Å². The van der Waals surface area contributed by atoms with Crippen molar-refractivity contribution < 1.29 is 27.5 Å². The van der Waals surface area contributed by atoms with Gasteiger partial charge in [0.1, 0.15) is 6.04 Å². The van der Waals surface area contributed by atoms with E-state index in [0.717, 1.165) is 27.3 Å². The third-order valence-electron chi connectivity index (χ3n) is 6.58. The Balaban J connectivity index is 1.75. The first-order valence-electron chi connectivity index (χ1n) is 13.0. The summed E-state index contributed by atoms with van der Waals surface area (Å²) < 4.78 is 36.9. The molecule has 0 aliphatic carbocycles. The van der Waals surface area contributed by atoms with Crippen LogP contribution in [0, 0.1) is 0 Å². The van der Waals surface area contributed by atoms with Crippen molar-refractivity contribution in [3.05, 3.63) is 94.5 Å². The first-order chi connectivity index (χ1) is 19.5. The summed E-state index contributed by atoms with van der Waals surface area (Å²) in [7, 11) is -0.603. The number of amides is 2. The summed E-state index contributed by atoms with van der Waals surface area (Å²) in [5.74, 6) is 0.349. The number of ether oxygens (including phenoxy) is 2. The van der Waals surface area contributed by atoms with Gasteiger partial charge in [-0.1, -0.05) is 60.1 Å². The van der Waals surface area contributed by atoms with Gasteiger partial charge in [0.25, 0.3) is 0 Å². The van der Waals surface area contributed by atoms with Crippen LogP contribution in [0.25, 0.3) is 0 Å². The van der Waals surface area contributed by atoms with Gasteiger partial charge in [0.05, 0.1) is 27.0 Å². The van der Waals surface area contributed by atoms with Crippen LogP contribution >= 0.6 is 11.6 Å². The lowest BCUT2D eigenvalue weighted by molar-refractivity contribution is -0.140. The first kappa shape index (κ1) is 31.9. The van der Waals surface area contributed by atoms with E-state index in [1.807, 2.05) is 18.2 Å². The molecule has 0 saturated heterocycles. The van der Waals surface area contributed by atoms with Gasteiger partial charge in [-0.25, -0.2) is 8.42 Å². The molecular weight excluding hydrogens is 566 g/mol. The second kappa shape index (κ2) is 14.9. The Hall–Kier alpha value is -3.60. The minimum atomic E-state index is -3.72. The Morgan fingerprint density at radius 2 is 1.49 bits per heavy atom. The van der Waals surface area contributed by atoms with Crippen LogP contribution in [-0.4, -0.2) is 69.0 Å². The summed E-state index contributed by atoms with van der Waals surface area (Å²) in [5, 5.41) is 3.43. The average molecular weight is 602 g/mol. The monoisotopic (exact) mass is 601 g/mol. The minimum Gasteiger partial charge on any atom is -0.493 e. The predicted octanol–water partition coefficient (Wildman–Crippen LogP) is 3.90. The number of hydrogen-bond acceptors (Lipinski definition) is 6. The molecule has 220 valence electrons. The normalized spacial score (nSPS) is 12.0. The molecule has 0 aromatic heterocycles. The number of nitrogens with zero attached hydrogens (tertiary/aromatic N) is 2. The summed E-state index contributed by atoms with van der Waals surface area (Å²) >= 11 is 6.03. The molecule has 0 heterocycles. The van der Waals surface area contributed by atoms with Crippen molar-refractivity contribution in [2.24, 2.45) is 0 Å². The van der Waals surface area contributed by atoms with E-state index in [9.17, 15) is 18.0 Å². The molecular formula is C30H36ClN3O6S. The number of sulfonamides is 1. The van der Waals surface area contributed by atoms with Gasteiger partial charge in [0.15, 0.2) is 11.5 Å². The summed E-state index contributed by atoms with van der Waals surface area (Å²) in [4.78, 5) is 28.2. The van der Waals surface area contributed by atoms with Gasteiger partial charge in [0.2, 0.25) is 21.8 Å². The number of carbonyl (C=O) groups is 2. The SMILES string of the molecule is COc1ccc(CCNC(=O)[C@H](C)N(Cc2ccc(Cl)cc2)C(=O)CN(Cc2ccccc2)S(C)(=O)=O)cc1OC. The molecule has 3 aromatic carbocycles.